The zero-order valence-corrected chi connectivity index (χ0v) is 12.9. The van der Waals surface area contributed by atoms with Crippen molar-refractivity contribution in [3.8, 4) is 5.75 Å². The maximum Gasteiger partial charge on any atom is 0.125 e. The van der Waals surface area contributed by atoms with Crippen LogP contribution in [-0.2, 0) is 0 Å². The lowest BCUT2D eigenvalue weighted by atomic mass is 9.95. The first-order valence-electron chi connectivity index (χ1n) is 7.68. The summed E-state index contributed by atoms with van der Waals surface area (Å²) in [6.07, 6.45) is 3.44. The molecule has 0 heterocycles. The van der Waals surface area contributed by atoms with Gasteiger partial charge in [0.25, 0.3) is 0 Å². The fourth-order valence-electron chi connectivity index (χ4n) is 2.78. The highest BCUT2D eigenvalue weighted by Crippen LogP contribution is 2.40. The molecule has 112 valence electrons. The highest BCUT2D eigenvalue weighted by Gasteiger charge is 2.45. The third-order valence-electron chi connectivity index (χ3n) is 4.25. The molecule has 1 unspecified atom stereocenters. The van der Waals surface area contributed by atoms with Gasteiger partial charge in [-0.25, -0.2) is 0 Å². The molecule has 0 aromatic heterocycles. The van der Waals surface area contributed by atoms with Gasteiger partial charge >= 0.3 is 0 Å². The largest absolute Gasteiger partial charge is 0.491 e. The summed E-state index contributed by atoms with van der Waals surface area (Å²) in [5.41, 5.74) is 2.04. The van der Waals surface area contributed by atoms with Crippen LogP contribution in [0, 0.1) is 19.8 Å². The van der Waals surface area contributed by atoms with E-state index < -0.39 is 0 Å². The molecule has 0 amide bonds. The van der Waals surface area contributed by atoms with Gasteiger partial charge in [-0.15, -0.1) is 0 Å². The fourth-order valence-corrected chi connectivity index (χ4v) is 2.78. The van der Waals surface area contributed by atoms with E-state index in [-0.39, 0.29) is 12.1 Å². The van der Waals surface area contributed by atoms with E-state index >= 15 is 0 Å². The maximum atomic E-state index is 9.89. The summed E-state index contributed by atoms with van der Waals surface area (Å²) in [4.78, 5) is 0. The Kier molecular flexibility index (Phi) is 5.06. The average Bonchev–Trinajstić information content (AvgIpc) is 3.27. The zero-order valence-electron chi connectivity index (χ0n) is 12.9. The highest BCUT2D eigenvalue weighted by atomic mass is 16.5. The Morgan fingerprint density at radius 1 is 1.30 bits per heavy atom. The molecule has 3 heteroatoms. The van der Waals surface area contributed by atoms with Gasteiger partial charge in [0.2, 0.25) is 0 Å². The fraction of sp³-hybridized carbons (Fsp3) is 0.647. The Morgan fingerprint density at radius 2 is 1.95 bits per heavy atom. The molecule has 1 fully saturated rings. The van der Waals surface area contributed by atoms with Crippen molar-refractivity contribution in [2.45, 2.75) is 45.6 Å². The van der Waals surface area contributed by atoms with E-state index in [1.807, 2.05) is 6.07 Å². The number of hydrogen-bond acceptors (Lipinski definition) is 3. The molecule has 3 nitrogen and oxygen atoms in total. The lowest BCUT2D eigenvalue weighted by Gasteiger charge is -2.33. The number of hydrogen-bond donors (Lipinski definition) is 2. The first-order chi connectivity index (χ1) is 9.63. The molecule has 0 bridgehead atoms. The number of aliphatic hydroxyl groups excluding tert-OH is 1. The first-order valence-corrected chi connectivity index (χ1v) is 7.68. The molecule has 0 aliphatic heterocycles. The monoisotopic (exact) mass is 277 g/mol. The van der Waals surface area contributed by atoms with Crippen LogP contribution in [0.1, 0.15) is 37.3 Å². The lowest BCUT2D eigenvalue weighted by Crippen LogP contribution is -2.55. The molecule has 2 N–H and O–H groups in total. The second-order valence-corrected chi connectivity index (χ2v) is 6.02. The Balaban J connectivity index is 2.08. The summed E-state index contributed by atoms with van der Waals surface area (Å²) >= 11 is 0. The van der Waals surface area contributed by atoms with Gasteiger partial charge in [0, 0.05) is 0 Å². The van der Waals surface area contributed by atoms with Gasteiger partial charge < -0.3 is 15.2 Å². The molecule has 1 aromatic rings. The number of ether oxygens (including phenoxy) is 1. The quantitative estimate of drug-likeness (QED) is 0.768. The van der Waals surface area contributed by atoms with Crippen molar-refractivity contribution < 1.29 is 9.84 Å². The van der Waals surface area contributed by atoms with Crippen LogP contribution < -0.4 is 10.1 Å². The van der Waals surface area contributed by atoms with Crippen molar-refractivity contribution >= 4 is 0 Å². The molecule has 1 aliphatic carbocycles. The Labute approximate surface area is 122 Å². The van der Waals surface area contributed by atoms with E-state index in [0.717, 1.165) is 29.8 Å². The molecular formula is C17H27NO2. The van der Waals surface area contributed by atoms with Gasteiger partial charge in [0.15, 0.2) is 0 Å². The molecule has 1 atom stereocenters. The predicted octanol–water partition coefficient (Wildman–Crippen LogP) is 2.82. The molecule has 2 rings (SSSR count). The Bertz CT molecular complexity index is 422. The third-order valence-corrected chi connectivity index (χ3v) is 4.25. The van der Waals surface area contributed by atoms with Crippen molar-refractivity contribution in [2.75, 3.05) is 19.8 Å². The van der Waals surface area contributed by atoms with E-state index in [0.29, 0.717) is 12.5 Å². The van der Waals surface area contributed by atoms with Crippen LogP contribution in [0.15, 0.2) is 18.2 Å². The number of aliphatic hydroxyl groups is 1. The smallest absolute Gasteiger partial charge is 0.125 e. The van der Waals surface area contributed by atoms with Crippen molar-refractivity contribution in [3.63, 3.8) is 0 Å². The Hall–Kier alpha value is -1.06. The van der Waals surface area contributed by atoms with Gasteiger partial charge in [-0.1, -0.05) is 25.1 Å². The standard InChI is InChI=1S/C17H27NO2/c1-4-10-18-17(11-19,15-8-9-15)12-20-16-13(2)6-5-7-14(16)3/h5-7,15,18-19H,4,8-12H2,1-3H3. The van der Waals surface area contributed by atoms with Gasteiger partial charge in [0.1, 0.15) is 12.4 Å². The molecular weight excluding hydrogens is 250 g/mol. The van der Waals surface area contributed by atoms with E-state index in [1.165, 1.54) is 12.8 Å². The summed E-state index contributed by atoms with van der Waals surface area (Å²) < 4.78 is 6.10. The zero-order chi connectivity index (χ0) is 14.6. The molecule has 0 saturated heterocycles. The molecule has 1 saturated carbocycles. The van der Waals surface area contributed by atoms with Crippen LogP contribution in [0.3, 0.4) is 0 Å². The van der Waals surface area contributed by atoms with Crippen LogP contribution in [0.4, 0.5) is 0 Å². The minimum absolute atomic E-state index is 0.141. The second kappa shape index (κ2) is 6.59. The predicted molar refractivity (Wildman–Crippen MR) is 82.2 cm³/mol. The van der Waals surface area contributed by atoms with Crippen molar-refractivity contribution in [1.29, 1.82) is 0 Å². The normalized spacial score (nSPS) is 17.8. The number of aryl methyl sites for hydroxylation is 2. The molecule has 20 heavy (non-hydrogen) atoms. The van der Waals surface area contributed by atoms with Crippen molar-refractivity contribution in [2.24, 2.45) is 5.92 Å². The number of benzene rings is 1. The summed E-state index contributed by atoms with van der Waals surface area (Å²) in [7, 11) is 0. The highest BCUT2D eigenvalue weighted by molar-refractivity contribution is 5.39. The van der Waals surface area contributed by atoms with E-state index in [2.05, 4.69) is 38.2 Å². The van der Waals surface area contributed by atoms with Crippen LogP contribution >= 0.6 is 0 Å². The van der Waals surface area contributed by atoms with Gasteiger partial charge in [-0.05, 0) is 56.7 Å². The van der Waals surface area contributed by atoms with Crippen LogP contribution in [0.2, 0.25) is 0 Å². The van der Waals surface area contributed by atoms with Gasteiger partial charge in [-0.3, -0.25) is 0 Å². The lowest BCUT2D eigenvalue weighted by molar-refractivity contribution is 0.0845. The second-order valence-electron chi connectivity index (χ2n) is 6.02. The molecule has 1 aliphatic rings. The molecule has 0 radical (unpaired) electrons. The van der Waals surface area contributed by atoms with E-state index in [4.69, 9.17) is 4.74 Å². The Morgan fingerprint density at radius 3 is 2.45 bits per heavy atom. The number of rotatable bonds is 8. The van der Waals surface area contributed by atoms with Crippen LogP contribution in [0.5, 0.6) is 5.75 Å². The summed E-state index contributed by atoms with van der Waals surface area (Å²) in [5.74, 6) is 1.51. The van der Waals surface area contributed by atoms with Gasteiger partial charge in [0.05, 0.1) is 12.1 Å². The average molecular weight is 277 g/mol. The van der Waals surface area contributed by atoms with Crippen molar-refractivity contribution in [3.05, 3.63) is 29.3 Å². The number of nitrogens with one attached hydrogen (secondary N) is 1. The minimum atomic E-state index is -0.273. The molecule has 0 spiro atoms. The SMILES string of the molecule is CCCNC(CO)(COc1c(C)cccc1C)C1CC1. The van der Waals surface area contributed by atoms with E-state index in [9.17, 15) is 5.11 Å². The topological polar surface area (TPSA) is 41.5 Å². The summed E-state index contributed by atoms with van der Waals surface area (Å²) in [6, 6.07) is 6.19. The summed E-state index contributed by atoms with van der Waals surface area (Å²) in [6.45, 7) is 7.89. The van der Waals surface area contributed by atoms with Crippen LogP contribution in [-0.4, -0.2) is 30.4 Å². The maximum absolute atomic E-state index is 9.89. The first kappa shape index (κ1) is 15.3. The van der Waals surface area contributed by atoms with Gasteiger partial charge in [-0.2, -0.15) is 0 Å². The van der Waals surface area contributed by atoms with Crippen molar-refractivity contribution in [1.82, 2.24) is 5.32 Å². The minimum Gasteiger partial charge on any atom is -0.491 e. The number of para-hydroxylation sites is 1. The summed E-state index contributed by atoms with van der Waals surface area (Å²) in [5, 5.41) is 13.4. The third kappa shape index (κ3) is 3.33. The van der Waals surface area contributed by atoms with E-state index in [1.54, 1.807) is 0 Å². The molecule has 1 aromatic carbocycles. The van der Waals surface area contributed by atoms with Crippen LogP contribution in [0.25, 0.3) is 0 Å².